The van der Waals surface area contributed by atoms with E-state index in [1.807, 2.05) is 0 Å². The molecule has 2 unspecified atom stereocenters. The number of thiazole rings is 1. The zero-order valence-corrected chi connectivity index (χ0v) is 23.1. The van der Waals surface area contributed by atoms with Crippen LogP contribution in [0.15, 0.2) is 30.0 Å². The molecule has 1 aliphatic heterocycles. The molecule has 204 valence electrons. The Morgan fingerprint density at radius 3 is 2.53 bits per heavy atom. The summed E-state index contributed by atoms with van der Waals surface area (Å²) < 4.78 is 49.8. The van der Waals surface area contributed by atoms with Crippen LogP contribution >= 0.6 is 34.5 Å². The van der Waals surface area contributed by atoms with Crippen molar-refractivity contribution in [3.8, 4) is 5.19 Å². The van der Waals surface area contributed by atoms with Crippen LogP contribution in [0.5, 0.6) is 5.19 Å². The van der Waals surface area contributed by atoms with Crippen molar-refractivity contribution in [2.24, 2.45) is 5.92 Å². The molecule has 1 saturated heterocycles. The van der Waals surface area contributed by atoms with Gasteiger partial charge in [0.05, 0.1) is 15.6 Å². The normalized spacial score (nSPS) is 16.3. The molecule has 3 heterocycles. The van der Waals surface area contributed by atoms with Gasteiger partial charge < -0.3 is 15.0 Å². The van der Waals surface area contributed by atoms with E-state index in [1.54, 1.807) is 11.6 Å². The second-order valence-electron chi connectivity index (χ2n) is 9.28. The fraction of sp³-hybridized carbons (Fsp3) is 0.423. The molecule has 38 heavy (non-hydrogen) atoms. The lowest BCUT2D eigenvalue weighted by atomic mass is 9.86. The molecule has 2 aromatic heterocycles. The summed E-state index contributed by atoms with van der Waals surface area (Å²) in [6.07, 6.45) is 5.36. The molecule has 12 heteroatoms. The van der Waals surface area contributed by atoms with E-state index >= 15 is 0 Å². The summed E-state index contributed by atoms with van der Waals surface area (Å²) in [5.74, 6) is -3.64. The number of benzene rings is 1. The molecule has 1 N–H and O–H groups in total. The summed E-state index contributed by atoms with van der Waals surface area (Å²) in [5.41, 5.74) is -0.300. The minimum Gasteiger partial charge on any atom is -0.461 e. The van der Waals surface area contributed by atoms with Gasteiger partial charge in [-0.05, 0) is 52.3 Å². The van der Waals surface area contributed by atoms with Gasteiger partial charge in [0.1, 0.15) is 11.9 Å². The third kappa shape index (κ3) is 6.42. The van der Waals surface area contributed by atoms with E-state index in [9.17, 15) is 18.0 Å². The number of pyridine rings is 1. The van der Waals surface area contributed by atoms with Crippen LogP contribution in [0.3, 0.4) is 0 Å². The zero-order valence-electron chi connectivity index (χ0n) is 20.8. The third-order valence-electron chi connectivity index (χ3n) is 6.91. The van der Waals surface area contributed by atoms with Crippen molar-refractivity contribution in [3.05, 3.63) is 74.2 Å². The molecule has 4 rings (SSSR count). The van der Waals surface area contributed by atoms with E-state index in [4.69, 9.17) is 27.9 Å². The number of nitrogens with zero attached hydrogens (tertiary/aromatic N) is 3. The van der Waals surface area contributed by atoms with E-state index in [-0.39, 0.29) is 44.6 Å². The van der Waals surface area contributed by atoms with Crippen LogP contribution in [0.4, 0.5) is 13.2 Å². The molecule has 1 fully saturated rings. The molecule has 0 spiro atoms. The van der Waals surface area contributed by atoms with Gasteiger partial charge in [-0.1, -0.05) is 34.5 Å². The van der Waals surface area contributed by atoms with Gasteiger partial charge in [-0.25, -0.2) is 18.2 Å². The number of nitrogens with one attached hydrogen (secondary N) is 1. The van der Waals surface area contributed by atoms with Gasteiger partial charge in [0.2, 0.25) is 0 Å². The largest absolute Gasteiger partial charge is 0.461 e. The number of carbonyl (C=O) groups excluding carboxylic acids is 1. The number of piperidine rings is 1. The molecule has 2 atom stereocenters. The van der Waals surface area contributed by atoms with Gasteiger partial charge in [-0.3, -0.25) is 9.78 Å². The number of ether oxygens (including phenoxy) is 1. The Kier molecular flexibility index (Phi) is 9.51. The van der Waals surface area contributed by atoms with E-state index in [2.05, 4.69) is 27.1 Å². The quantitative estimate of drug-likeness (QED) is 0.286. The highest BCUT2D eigenvalue weighted by Gasteiger charge is 2.34. The van der Waals surface area contributed by atoms with E-state index < -0.39 is 23.6 Å². The van der Waals surface area contributed by atoms with E-state index in [0.29, 0.717) is 44.1 Å². The van der Waals surface area contributed by atoms with Crippen LogP contribution in [-0.2, 0) is 0 Å². The number of carbonyl (C=O) groups is 1. The highest BCUT2D eigenvalue weighted by atomic mass is 35.5. The number of hydrogen-bond donors (Lipinski definition) is 1. The molecule has 1 amide bonds. The van der Waals surface area contributed by atoms with Crippen LogP contribution in [-0.4, -0.2) is 46.5 Å². The van der Waals surface area contributed by atoms with Crippen molar-refractivity contribution in [1.29, 1.82) is 0 Å². The summed E-state index contributed by atoms with van der Waals surface area (Å²) in [6, 6.07) is 1.18. The fourth-order valence-corrected chi connectivity index (χ4v) is 5.71. The number of likely N-dealkylation sites (tertiary alicyclic amines) is 1. The maximum atomic E-state index is 15.0. The lowest BCUT2D eigenvalue weighted by Crippen LogP contribution is -2.43. The molecule has 0 saturated carbocycles. The molecule has 6 nitrogen and oxygen atoms in total. The Morgan fingerprint density at radius 2 is 1.89 bits per heavy atom. The summed E-state index contributed by atoms with van der Waals surface area (Å²) in [7, 11) is 0. The smallest absolute Gasteiger partial charge is 0.273 e. The number of aromatic nitrogens is 2. The van der Waals surface area contributed by atoms with Crippen molar-refractivity contribution in [2.75, 3.05) is 19.6 Å². The van der Waals surface area contributed by atoms with Crippen LogP contribution in [0.25, 0.3) is 0 Å². The molecular formula is C26H27Cl2F3N4O2S. The molecule has 0 aliphatic carbocycles. The van der Waals surface area contributed by atoms with Gasteiger partial charge in [0.25, 0.3) is 11.1 Å². The summed E-state index contributed by atoms with van der Waals surface area (Å²) in [5, 5.41) is 5.25. The monoisotopic (exact) mass is 586 g/mol. The highest BCUT2D eigenvalue weighted by molar-refractivity contribution is 7.11. The van der Waals surface area contributed by atoms with Gasteiger partial charge in [0, 0.05) is 53.6 Å². The van der Waals surface area contributed by atoms with E-state index in [1.165, 1.54) is 30.7 Å². The maximum Gasteiger partial charge on any atom is 0.273 e. The number of amides is 1. The molecule has 1 aliphatic rings. The summed E-state index contributed by atoms with van der Waals surface area (Å²) in [6.45, 7) is 5.04. The number of hydrogen-bond acceptors (Lipinski definition) is 6. The first-order chi connectivity index (χ1) is 18.2. The lowest BCUT2D eigenvalue weighted by molar-refractivity contribution is 0.0580. The van der Waals surface area contributed by atoms with Crippen LogP contribution in [0.1, 0.15) is 53.8 Å². The van der Waals surface area contributed by atoms with Gasteiger partial charge in [0.15, 0.2) is 11.6 Å². The zero-order chi connectivity index (χ0) is 27.4. The van der Waals surface area contributed by atoms with Crippen LogP contribution in [0.2, 0.25) is 10.0 Å². The SMILES string of the molecule is Cc1c(F)cc(C(Oc2nccs2)C2CCN(C(C)CCNC(=O)c3c(Cl)cncc3Cl)CC2)c(F)c1F. The predicted molar refractivity (Wildman–Crippen MR) is 142 cm³/mol. The molecule has 3 aromatic rings. The minimum absolute atomic E-state index is 0.136. The van der Waals surface area contributed by atoms with Crippen molar-refractivity contribution < 1.29 is 22.7 Å². The first-order valence-electron chi connectivity index (χ1n) is 12.2. The fourth-order valence-electron chi connectivity index (χ4n) is 4.66. The van der Waals surface area contributed by atoms with E-state index in [0.717, 1.165) is 6.07 Å². The standard InChI is InChI=1S/C26H27Cl2F3N4O2S/c1-14(3-6-33-25(36)21-18(27)12-32-13-19(21)28)35-8-4-16(5-9-35)24(37-26-34-7-10-38-26)17-11-20(29)15(2)22(30)23(17)31/h7,10-14,16,24H,3-6,8-9H2,1-2H3,(H,33,36). The second-order valence-corrected chi connectivity index (χ2v) is 11.0. The number of halogens is 5. The molecule has 0 radical (unpaired) electrons. The van der Waals surface area contributed by atoms with Gasteiger partial charge in [-0.2, -0.15) is 0 Å². The highest BCUT2D eigenvalue weighted by Crippen LogP contribution is 2.38. The molecule has 1 aromatic carbocycles. The Hall–Kier alpha value is -2.40. The first-order valence-corrected chi connectivity index (χ1v) is 13.8. The topological polar surface area (TPSA) is 67.3 Å². The average molecular weight is 587 g/mol. The van der Waals surface area contributed by atoms with Crippen LogP contribution < -0.4 is 10.1 Å². The molecular weight excluding hydrogens is 560 g/mol. The Balaban J connectivity index is 1.37. The summed E-state index contributed by atoms with van der Waals surface area (Å²) in [4.78, 5) is 22.7. The first kappa shape index (κ1) is 28.6. The van der Waals surface area contributed by atoms with Gasteiger partial charge in [-0.15, -0.1) is 0 Å². The van der Waals surface area contributed by atoms with Crippen molar-refractivity contribution in [2.45, 2.75) is 45.3 Å². The summed E-state index contributed by atoms with van der Waals surface area (Å²) >= 11 is 13.3. The van der Waals surface area contributed by atoms with Crippen molar-refractivity contribution in [1.82, 2.24) is 20.2 Å². The van der Waals surface area contributed by atoms with Crippen molar-refractivity contribution >= 4 is 40.4 Å². The second kappa shape index (κ2) is 12.6. The lowest BCUT2D eigenvalue weighted by Gasteiger charge is -2.38. The van der Waals surface area contributed by atoms with Crippen LogP contribution in [0, 0.1) is 30.3 Å². The Morgan fingerprint density at radius 1 is 1.21 bits per heavy atom. The predicted octanol–water partition coefficient (Wildman–Crippen LogP) is 6.61. The number of rotatable bonds is 9. The maximum absolute atomic E-state index is 15.0. The van der Waals surface area contributed by atoms with Crippen molar-refractivity contribution in [3.63, 3.8) is 0 Å². The Labute approximate surface area is 233 Å². The Bertz CT molecular complexity index is 1250. The third-order valence-corrected chi connectivity index (χ3v) is 8.15. The average Bonchev–Trinajstić information content (AvgIpc) is 3.42. The molecule has 0 bridgehead atoms. The van der Waals surface area contributed by atoms with Gasteiger partial charge >= 0.3 is 0 Å². The minimum atomic E-state index is -1.20.